The molecule has 1 heterocycles. The third-order valence-corrected chi connectivity index (χ3v) is 4.63. The summed E-state index contributed by atoms with van der Waals surface area (Å²) in [5.74, 6) is -0.178. The van der Waals surface area contributed by atoms with E-state index in [9.17, 15) is 4.79 Å². The van der Waals surface area contributed by atoms with Crippen LogP contribution in [0.4, 0.5) is 0 Å². The lowest BCUT2D eigenvalue weighted by atomic mass is 9.80. The van der Waals surface area contributed by atoms with Gasteiger partial charge in [-0.05, 0) is 24.1 Å². The molecular formula is C21H23N3O. The lowest BCUT2D eigenvalue weighted by Crippen LogP contribution is -2.16. The average Bonchev–Trinajstić information content (AvgIpc) is 3.08. The first-order valence-corrected chi connectivity index (χ1v) is 8.59. The predicted molar refractivity (Wildman–Crippen MR) is 99.6 cm³/mol. The summed E-state index contributed by atoms with van der Waals surface area (Å²) in [5.41, 5.74) is 9.31. The van der Waals surface area contributed by atoms with Gasteiger partial charge in [0.05, 0.1) is 5.69 Å². The Morgan fingerprint density at radius 1 is 1.04 bits per heavy atom. The molecule has 1 unspecified atom stereocenters. The second-order valence-corrected chi connectivity index (χ2v) is 6.22. The molecule has 0 radical (unpaired) electrons. The number of carbonyl (C=O) groups excluding carboxylic acids is 1. The Hall–Kier alpha value is -2.88. The molecule has 128 valence electrons. The molecule has 0 aliphatic heterocycles. The third kappa shape index (κ3) is 3.48. The zero-order valence-electron chi connectivity index (χ0n) is 14.6. The Bertz CT molecular complexity index is 801. The van der Waals surface area contributed by atoms with E-state index in [2.05, 4.69) is 60.6 Å². The van der Waals surface area contributed by atoms with E-state index in [0.717, 1.165) is 5.69 Å². The smallest absolute Gasteiger partial charge is 0.266 e. The maximum Gasteiger partial charge on any atom is 0.266 e. The fourth-order valence-electron chi connectivity index (χ4n) is 3.36. The Morgan fingerprint density at radius 2 is 1.56 bits per heavy atom. The van der Waals surface area contributed by atoms with E-state index in [-0.39, 0.29) is 11.8 Å². The standard InChI is InChI=1S/C21H23N3O/c1-3-24-19(21(22)25)14-18(23-24)15(2)20(16-10-6-4-7-11-16)17-12-8-5-9-13-17/h4-15,20H,3H2,1-2H3,(H2,22,25). The highest BCUT2D eigenvalue weighted by Crippen LogP contribution is 2.37. The highest BCUT2D eigenvalue weighted by molar-refractivity contribution is 5.91. The molecule has 1 amide bonds. The second-order valence-electron chi connectivity index (χ2n) is 6.22. The largest absolute Gasteiger partial charge is 0.364 e. The number of hydrogen-bond acceptors (Lipinski definition) is 2. The summed E-state index contributed by atoms with van der Waals surface area (Å²) in [6.07, 6.45) is 0. The van der Waals surface area contributed by atoms with Crippen LogP contribution in [0.25, 0.3) is 0 Å². The van der Waals surface area contributed by atoms with Crippen LogP contribution < -0.4 is 5.73 Å². The predicted octanol–water partition coefficient (Wildman–Crippen LogP) is 3.94. The molecule has 1 atom stereocenters. The quantitative estimate of drug-likeness (QED) is 0.743. The van der Waals surface area contributed by atoms with Gasteiger partial charge in [-0.2, -0.15) is 5.10 Å². The Labute approximate surface area is 148 Å². The van der Waals surface area contributed by atoms with Crippen molar-refractivity contribution in [3.05, 3.63) is 89.2 Å². The lowest BCUT2D eigenvalue weighted by molar-refractivity contribution is 0.0990. The first-order valence-electron chi connectivity index (χ1n) is 8.59. The van der Waals surface area contributed by atoms with Crippen LogP contribution in [0.1, 0.15) is 53.0 Å². The Morgan fingerprint density at radius 3 is 1.96 bits per heavy atom. The van der Waals surface area contributed by atoms with Crippen molar-refractivity contribution < 1.29 is 4.79 Å². The highest BCUT2D eigenvalue weighted by Gasteiger charge is 2.26. The normalized spacial score (nSPS) is 12.3. The van der Waals surface area contributed by atoms with E-state index < -0.39 is 5.91 Å². The van der Waals surface area contributed by atoms with Crippen molar-refractivity contribution in [2.75, 3.05) is 0 Å². The van der Waals surface area contributed by atoms with Crippen LogP contribution in [-0.2, 0) is 6.54 Å². The maximum atomic E-state index is 11.7. The fraction of sp³-hybridized carbons (Fsp3) is 0.238. The summed E-state index contributed by atoms with van der Waals surface area (Å²) in [5, 5.41) is 4.64. The summed E-state index contributed by atoms with van der Waals surface area (Å²) in [6, 6.07) is 22.6. The van der Waals surface area contributed by atoms with Crippen molar-refractivity contribution in [2.24, 2.45) is 5.73 Å². The van der Waals surface area contributed by atoms with Gasteiger partial charge >= 0.3 is 0 Å². The molecular weight excluding hydrogens is 310 g/mol. The summed E-state index contributed by atoms with van der Waals surface area (Å²) in [6.45, 7) is 4.73. The number of hydrogen-bond donors (Lipinski definition) is 1. The summed E-state index contributed by atoms with van der Waals surface area (Å²) in [4.78, 5) is 11.7. The number of benzene rings is 2. The van der Waals surface area contributed by atoms with Gasteiger partial charge in [0.1, 0.15) is 5.69 Å². The second kappa shape index (κ2) is 7.34. The van der Waals surface area contributed by atoms with Gasteiger partial charge in [0.25, 0.3) is 5.91 Å². The lowest BCUT2D eigenvalue weighted by Gasteiger charge is -2.24. The molecule has 25 heavy (non-hydrogen) atoms. The number of nitrogens with zero attached hydrogens (tertiary/aromatic N) is 2. The van der Waals surface area contributed by atoms with Gasteiger partial charge in [-0.25, -0.2) is 0 Å². The van der Waals surface area contributed by atoms with Crippen molar-refractivity contribution >= 4 is 5.91 Å². The minimum Gasteiger partial charge on any atom is -0.364 e. The maximum absolute atomic E-state index is 11.7. The highest BCUT2D eigenvalue weighted by atomic mass is 16.1. The molecule has 0 bridgehead atoms. The minimum atomic E-state index is -0.441. The molecule has 0 aliphatic carbocycles. The molecule has 3 rings (SSSR count). The third-order valence-electron chi connectivity index (χ3n) is 4.63. The molecule has 4 heteroatoms. The van der Waals surface area contributed by atoms with Gasteiger partial charge in [-0.3, -0.25) is 9.48 Å². The average molecular weight is 333 g/mol. The van der Waals surface area contributed by atoms with Crippen LogP contribution in [0, 0.1) is 0 Å². The number of aryl methyl sites for hydroxylation is 1. The van der Waals surface area contributed by atoms with Gasteiger partial charge in [0.15, 0.2) is 0 Å². The van der Waals surface area contributed by atoms with Crippen molar-refractivity contribution in [3.63, 3.8) is 0 Å². The fourth-order valence-corrected chi connectivity index (χ4v) is 3.36. The van der Waals surface area contributed by atoms with E-state index in [4.69, 9.17) is 5.73 Å². The number of nitrogens with two attached hydrogens (primary N) is 1. The molecule has 0 saturated carbocycles. The zero-order chi connectivity index (χ0) is 17.8. The molecule has 4 nitrogen and oxygen atoms in total. The zero-order valence-corrected chi connectivity index (χ0v) is 14.6. The van der Waals surface area contributed by atoms with Crippen LogP contribution >= 0.6 is 0 Å². The Balaban J connectivity index is 2.06. The van der Waals surface area contributed by atoms with E-state index in [1.54, 1.807) is 4.68 Å². The monoisotopic (exact) mass is 333 g/mol. The van der Waals surface area contributed by atoms with E-state index in [1.165, 1.54) is 11.1 Å². The van der Waals surface area contributed by atoms with Crippen LogP contribution in [0.15, 0.2) is 66.7 Å². The molecule has 0 spiro atoms. The van der Waals surface area contributed by atoms with Gasteiger partial charge in [-0.15, -0.1) is 0 Å². The van der Waals surface area contributed by atoms with E-state index >= 15 is 0 Å². The number of primary amides is 1. The SMILES string of the molecule is CCn1nc(C(C)C(c2ccccc2)c2ccccc2)cc1C(N)=O. The Kier molecular flexibility index (Phi) is 4.98. The van der Waals surface area contributed by atoms with Crippen LogP contribution in [-0.4, -0.2) is 15.7 Å². The van der Waals surface area contributed by atoms with Crippen molar-refractivity contribution in [3.8, 4) is 0 Å². The van der Waals surface area contributed by atoms with Gasteiger partial charge in [0, 0.05) is 18.4 Å². The van der Waals surface area contributed by atoms with Crippen molar-refractivity contribution in [1.82, 2.24) is 9.78 Å². The summed E-state index contributed by atoms with van der Waals surface area (Å²) >= 11 is 0. The van der Waals surface area contributed by atoms with E-state index in [0.29, 0.717) is 12.2 Å². The number of rotatable bonds is 6. The number of amides is 1. The first-order chi connectivity index (χ1) is 12.1. The summed E-state index contributed by atoms with van der Waals surface area (Å²) < 4.78 is 1.68. The molecule has 3 aromatic rings. The molecule has 2 aromatic carbocycles. The topological polar surface area (TPSA) is 60.9 Å². The van der Waals surface area contributed by atoms with Crippen molar-refractivity contribution in [1.29, 1.82) is 0 Å². The molecule has 0 fully saturated rings. The first kappa shape index (κ1) is 17.0. The van der Waals surface area contributed by atoms with E-state index in [1.807, 2.05) is 25.1 Å². The number of carbonyl (C=O) groups is 1. The minimum absolute atomic E-state index is 0.107. The molecule has 0 saturated heterocycles. The van der Waals surface area contributed by atoms with Gasteiger partial charge in [-0.1, -0.05) is 67.6 Å². The molecule has 1 aromatic heterocycles. The molecule has 0 aliphatic rings. The van der Waals surface area contributed by atoms with Gasteiger partial charge < -0.3 is 5.73 Å². The summed E-state index contributed by atoms with van der Waals surface area (Å²) in [7, 11) is 0. The van der Waals surface area contributed by atoms with Crippen LogP contribution in [0.3, 0.4) is 0 Å². The number of aromatic nitrogens is 2. The van der Waals surface area contributed by atoms with Crippen LogP contribution in [0.5, 0.6) is 0 Å². The van der Waals surface area contributed by atoms with Crippen molar-refractivity contribution in [2.45, 2.75) is 32.2 Å². The molecule has 2 N–H and O–H groups in total. The van der Waals surface area contributed by atoms with Gasteiger partial charge in [0.2, 0.25) is 0 Å². The van der Waals surface area contributed by atoms with Crippen LogP contribution in [0.2, 0.25) is 0 Å².